The Morgan fingerprint density at radius 2 is 1.94 bits per heavy atom. The number of nitrogens with zero attached hydrogens (tertiary/aromatic N) is 2. The van der Waals surface area contributed by atoms with Gasteiger partial charge in [-0.05, 0) is 19.3 Å². The lowest BCUT2D eigenvalue weighted by molar-refractivity contribution is 0.538. The molecular weight excluding hydrogens is 210 g/mol. The third kappa shape index (κ3) is 2.93. The van der Waals surface area contributed by atoms with Crippen molar-refractivity contribution in [3.8, 4) is 0 Å². The van der Waals surface area contributed by atoms with Gasteiger partial charge in [-0.1, -0.05) is 38.1 Å². The second-order valence-corrected chi connectivity index (χ2v) is 4.96. The van der Waals surface area contributed by atoms with Crippen LogP contribution in [0.25, 0.3) is 10.8 Å². The van der Waals surface area contributed by atoms with Gasteiger partial charge in [0.05, 0.1) is 6.20 Å². The lowest BCUT2D eigenvalue weighted by Crippen LogP contribution is -2.18. The van der Waals surface area contributed by atoms with Gasteiger partial charge in [0.2, 0.25) is 0 Å². The van der Waals surface area contributed by atoms with Gasteiger partial charge in [0.15, 0.2) is 5.82 Å². The number of fused-ring (bicyclic) bond motifs is 1. The van der Waals surface area contributed by atoms with Crippen molar-refractivity contribution in [1.82, 2.24) is 10.2 Å². The summed E-state index contributed by atoms with van der Waals surface area (Å²) in [6.07, 6.45) is 2.93. The molecule has 2 rings (SSSR count). The predicted molar refractivity (Wildman–Crippen MR) is 72.1 cm³/mol. The Hall–Kier alpha value is -1.64. The van der Waals surface area contributed by atoms with Crippen molar-refractivity contribution in [2.45, 2.75) is 33.2 Å². The van der Waals surface area contributed by atoms with E-state index in [0.29, 0.717) is 12.0 Å². The van der Waals surface area contributed by atoms with E-state index in [1.807, 2.05) is 12.1 Å². The largest absolute Gasteiger partial charge is 0.366 e. The van der Waals surface area contributed by atoms with E-state index in [0.717, 1.165) is 23.0 Å². The van der Waals surface area contributed by atoms with E-state index in [1.54, 1.807) is 6.20 Å². The molecular formula is C14H19N3. The zero-order valence-electron chi connectivity index (χ0n) is 10.6. The average Bonchev–Trinajstić information content (AvgIpc) is 2.28. The van der Waals surface area contributed by atoms with Crippen molar-refractivity contribution in [2.75, 3.05) is 5.32 Å². The molecule has 1 aromatic heterocycles. The van der Waals surface area contributed by atoms with Crippen LogP contribution in [-0.2, 0) is 0 Å². The molecule has 0 saturated carbocycles. The van der Waals surface area contributed by atoms with Gasteiger partial charge >= 0.3 is 0 Å². The van der Waals surface area contributed by atoms with E-state index in [9.17, 15) is 0 Å². The van der Waals surface area contributed by atoms with Crippen LogP contribution >= 0.6 is 0 Å². The summed E-state index contributed by atoms with van der Waals surface area (Å²) in [5.74, 6) is 1.57. The molecule has 2 aromatic rings. The zero-order valence-corrected chi connectivity index (χ0v) is 10.6. The summed E-state index contributed by atoms with van der Waals surface area (Å²) in [6, 6.07) is 8.60. The van der Waals surface area contributed by atoms with Gasteiger partial charge in [0.25, 0.3) is 0 Å². The van der Waals surface area contributed by atoms with Crippen LogP contribution in [0.4, 0.5) is 5.82 Å². The molecule has 1 aromatic carbocycles. The highest BCUT2D eigenvalue weighted by atomic mass is 15.2. The van der Waals surface area contributed by atoms with Crippen LogP contribution in [0.1, 0.15) is 27.2 Å². The molecule has 1 unspecified atom stereocenters. The van der Waals surface area contributed by atoms with Crippen molar-refractivity contribution in [3.63, 3.8) is 0 Å². The number of rotatable bonds is 4. The third-order valence-corrected chi connectivity index (χ3v) is 2.78. The zero-order chi connectivity index (χ0) is 12.3. The molecule has 3 heteroatoms. The molecule has 0 fully saturated rings. The first-order chi connectivity index (χ1) is 8.16. The highest BCUT2D eigenvalue weighted by Crippen LogP contribution is 2.20. The molecule has 1 N–H and O–H groups in total. The van der Waals surface area contributed by atoms with Gasteiger partial charge in [-0.15, -0.1) is 5.10 Å². The Morgan fingerprint density at radius 3 is 2.71 bits per heavy atom. The second-order valence-electron chi connectivity index (χ2n) is 4.96. The summed E-state index contributed by atoms with van der Waals surface area (Å²) < 4.78 is 0. The fraction of sp³-hybridized carbons (Fsp3) is 0.429. The molecule has 0 aliphatic rings. The minimum Gasteiger partial charge on any atom is -0.366 e. The van der Waals surface area contributed by atoms with Gasteiger partial charge in [-0.3, -0.25) is 0 Å². The summed E-state index contributed by atoms with van der Waals surface area (Å²) in [5, 5.41) is 13.9. The highest BCUT2D eigenvalue weighted by molar-refractivity contribution is 5.90. The summed E-state index contributed by atoms with van der Waals surface area (Å²) in [5.41, 5.74) is 0. The van der Waals surface area contributed by atoms with Crippen molar-refractivity contribution < 1.29 is 0 Å². The first-order valence-corrected chi connectivity index (χ1v) is 6.14. The molecule has 0 radical (unpaired) electrons. The van der Waals surface area contributed by atoms with Crippen LogP contribution in [0.15, 0.2) is 30.5 Å². The molecule has 17 heavy (non-hydrogen) atoms. The van der Waals surface area contributed by atoms with Crippen LogP contribution in [-0.4, -0.2) is 16.2 Å². The minimum absolute atomic E-state index is 0.412. The summed E-state index contributed by atoms with van der Waals surface area (Å²) in [7, 11) is 0. The summed E-state index contributed by atoms with van der Waals surface area (Å²) >= 11 is 0. The lowest BCUT2D eigenvalue weighted by atomic mass is 10.1. The second kappa shape index (κ2) is 5.13. The van der Waals surface area contributed by atoms with E-state index in [2.05, 4.69) is 48.4 Å². The molecule has 3 nitrogen and oxygen atoms in total. The van der Waals surface area contributed by atoms with Gasteiger partial charge < -0.3 is 5.32 Å². The maximum Gasteiger partial charge on any atom is 0.156 e. The number of benzene rings is 1. The van der Waals surface area contributed by atoms with Crippen molar-refractivity contribution in [3.05, 3.63) is 30.5 Å². The Balaban J connectivity index is 2.24. The first-order valence-electron chi connectivity index (χ1n) is 6.14. The fourth-order valence-corrected chi connectivity index (χ4v) is 2.13. The number of hydrogen-bond donors (Lipinski definition) is 1. The number of hydrogen-bond acceptors (Lipinski definition) is 3. The maximum absolute atomic E-state index is 4.19. The number of anilines is 1. The third-order valence-electron chi connectivity index (χ3n) is 2.78. The monoisotopic (exact) mass is 229 g/mol. The Morgan fingerprint density at radius 1 is 1.18 bits per heavy atom. The minimum atomic E-state index is 0.412. The molecule has 1 heterocycles. The van der Waals surface area contributed by atoms with E-state index in [1.165, 1.54) is 0 Å². The Kier molecular flexibility index (Phi) is 3.57. The van der Waals surface area contributed by atoms with E-state index in [-0.39, 0.29) is 0 Å². The fourth-order valence-electron chi connectivity index (χ4n) is 2.13. The van der Waals surface area contributed by atoms with Crippen molar-refractivity contribution in [1.29, 1.82) is 0 Å². The lowest BCUT2D eigenvalue weighted by Gasteiger charge is -2.17. The standard InChI is InChI=1S/C14H19N3/c1-10(2)8-11(3)16-14-13-7-5-4-6-12(13)9-15-17-14/h4-7,9-11H,8H2,1-3H3,(H,16,17). The van der Waals surface area contributed by atoms with Crippen LogP contribution in [0.2, 0.25) is 0 Å². The molecule has 0 spiro atoms. The van der Waals surface area contributed by atoms with Crippen LogP contribution in [0.5, 0.6) is 0 Å². The number of aromatic nitrogens is 2. The summed E-state index contributed by atoms with van der Waals surface area (Å²) in [4.78, 5) is 0. The first kappa shape index (κ1) is 11.8. The van der Waals surface area contributed by atoms with Gasteiger partial charge in [0.1, 0.15) is 0 Å². The van der Waals surface area contributed by atoms with Gasteiger partial charge in [-0.2, -0.15) is 5.10 Å². The molecule has 90 valence electrons. The number of nitrogens with one attached hydrogen (secondary N) is 1. The van der Waals surface area contributed by atoms with Crippen LogP contribution in [0.3, 0.4) is 0 Å². The molecule has 0 aliphatic heterocycles. The molecule has 0 saturated heterocycles. The smallest absolute Gasteiger partial charge is 0.156 e. The van der Waals surface area contributed by atoms with Gasteiger partial charge in [0, 0.05) is 16.8 Å². The Bertz CT molecular complexity index is 488. The molecule has 0 aliphatic carbocycles. The molecule has 0 bridgehead atoms. The quantitative estimate of drug-likeness (QED) is 0.872. The van der Waals surface area contributed by atoms with E-state index in [4.69, 9.17) is 0 Å². The van der Waals surface area contributed by atoms with E-state index >= 15 is 0 Å². The van der Waals surface area contributed by atoms with Crippen LogP contribution in [0, 0.1) is 5.92 Å². The van der Waals surface area contributed by atoms with Crippen molar-refractivity contribution in [2.24, 2.45) is 5.92 Å². The predicted octanol–water partition coefficient (Wildman–Crippen LogP) is 3.48. The van der Waals surface area contributed by atoms with Crippen LogP contribution < -0.4 is 5.32 Å². The highest BCUT2D eigenvalue weighted by Gasteiger charge is 2.08. The maximum atomic E-state index is 4.19. The Labute approximate surface area is 102 Å². The topological polar surface area (TPSA) is 37.8 Å². The SMILES string of the molecule is CC(C)CC(C)Nc1nncc2ccccc12. The van der Waals surface area contributed by atoms with Gasteiger partial charge in [-0.25, -0.2) is 0 Å². The van der Waals surface area contributed by atoms with E-state index < -0.39 is 0 Å². The summed E-state index contributed by atoms with van der Waals surface area (Å²) in [6.45, 7) is 6.64. The normalized spacial score (nSPS) is 12.9. The average molecular weight is 229 g/mol. The molecule has 0 amide bonds. The van der Waals surface area contributed by atoms with Crippen molar-refractivity contribution >= 4 is 16.6 Å². The molecule has 1 atom stereocenters.